The highest BCUT2D eigenvalue weighted by Crippen LogP contribution is 2.30. The molecule has 2 N–H and O–H groups in total. The first-order valence-electron chi connectivity index (χ1n) is 8.12. The number of imidazole rings is 1. The number of aromatic nitrogens is 2. The number of amides is 1. The molecule has 4 heteroatoms. The van der Waals surface area contributed by atoms with Crippen LogP contribution in [0.1, 0.15) is 24.2 Å². The number of aryl methyl sites for hydroxylation is 2. The van der Waals surface area contributed by atoms with Crippen LogP contribution in [0.4, 0.5) is 5.69 Å². The Morgan fingerprint density at radius 3 is 2.70 bits per heavy atom. The largest absolute Gasteiger partial charge is 0.342 e. The van der Waals surface area contributed by atoms with Crippen LogP contribution in [0.5, 0.6) is 0 Å². The van der Waals surface area contributed by atoms with Gasteiger partial charge in [0.05, 0.1) is 11.0 Å². The molecule has 0 atom stereocenters. The zero-order chi connectivity index (χ0) is 15.6. The number of nitrogens with zero attached hydrogens (tertiary/aromatic N) is 1. The maximum Gasteiger partial charge on any atom is 0.227 e. The van der Waals surface area contributed by atoms with Gasteiger partial charge in [0.25, 0.3) is 0 Å². The smallest absolute Gasteiger partial charge is 0.227 e. The van der Waals surface area contributed by atoms with Crippen molar-refractivity contribution in [3.8, 4) is 0 Å². The topological polar surface area (TPSA) is 57.8 Å². The maximum absolute atomic E-state index is 12.0. The molecule has 1 aliphatic rings. The molecule has 1 aliphatic carbocycles. The van der Waals surface area contributed by atoms with Crippen molar-refractivity contribution >= 4 is 22.6 Å². The van der Waals surface area contributed by atoms with Gasteiger partial charge in [0.15, 0.2) is 0 Å². The summed E-state index contributed by atoms with van der Waals surface area (Å²) < 4.78 is 0. The first-order chi connectivity index (χ1) is 11.3. The van der Waals surface area contributed by atoms with E-state index in [2.05, 4.69) is 21.4 Å². The Labute approximate surface area is 134 Å². The SMILES string of the molecule is O=C(Nc1ccccc1CCc1nc2ccccc2[nH]1)C1CC1. The van der Waals surface area contributed by atoms with Crippen molar-refractivity contribution in [1.82, 2.24) is 9.97 Å². The van der Waals surface area contributed by atoms with E-state index in [1.165, 1.54) is 0 Å². The summed E-state index contributed by atoms with van der Waals surface area (Å²) in [7, 11) is 0. The average molecular weight is 305 g/mol. The van der Waals surface area contributed by atoms with Crippen molar-refractivity contribution < 1.29 is 4.79 Å². The molecular weight excluding hydrogens is 286 g/mol. The van der Waals surface area contributed by atoms with Crippen LogP contribution in [0.25, 0.3) is 11.0 Å². The number of hydrogen-bond donors (Lipinski definition) is 2. The van der Waals surface area contributed by atoms with Crippen molar-refractivity contribution in [3.63, 3.8) is 0 Å². The predicted molar refractivity (Wildman–Crippen MR) is 91.3 cm³/mol. The van der Waals surface area contributed by atoms with Crippen LogP contribution < -0.4 is 5.32 Å². The van der Waals surface area contributed by atoms with Gasteiger partial charge in [-0.05, 0) is 43.0 Å². The number of para-hydroxylation sites is 3. The van der Waals surface area contributed by atoms with Crippen LogP contribution >= 0.6 is 0 Å². The molecule has 4 rings (SSSR count). The van der Waals surface area contributed by atoms with E-state index in [4.69, 9.17) is 0 Å². The monoisotopic (exact) mass is 305 g/mol. The molecule has 0 bridgehead atoms. The molecule has 23 heavy (non-hydrogen) atoms. The molecule has 0 unspecified atom stereocenters. The Morgan fingerprint density at radius 1 is 1.09 bits per heavy atom. The summed E-state index contributed by atoms with van der Waals surface area (Å²) in [5.41, 5.74) is 4.15. The lowest BCUT2D eigenvalue weighted by Crippen LogP contribution is -2.14. The molecule has 1 saturated carbocycles. The molecule has 3 aromatic rings. The highest BCUT2D eigenvalue weighted by Gasteiger charge is 2.29. The van der Waals surface area contributed by atoms with Gasteiger partial charge in [0.1, 0.15) is 5.82 Å². The van der Waals surface area contributed by atoms with E-state index >= 15 is 0 Å². The summed E-state index contributed by atoms with van der Waals surface area (Å²) in [6.45, 7) is 0. The van der Waals surface area contributed by atoms with Gasteiger partial charge in [-0.25, -0.2) is 4.98 Å². The van der Waals surface area contributed by atoms with E-state index in [1.54, 1.807) is 0 Å². The van der Waals surface area contributed by atoms with Gasteiger partial charge in [-0.2, -0.15) is 0 Å². The highest BCUT2D eigenvalue weighted by molar-refractivity contribution is 5.94. The van der Waals surface area contributed by atoms with Gasteiger partial charge >= 0.3 is 0 Å². The molecule has 2 aromatic carbocycles. The molecular formula is C19H19N3O. The van der Waals surface area contributed by atoms with E-state index < -0.39 is 0 Å². The average Bonchev–Trinajstić information content (AvgIpc) is 3.34. The molecule has 0 radical (unpaired) electrons. The fraction of sp³-hybridized carbons (Fsp3) is 0.263. The summed E-state index contributed by atoms with van der Waals surface area (Å²) in [6.07, 6.45) is 3.71. The number of anilines is 1. The molecule has 1 heterocycles. The zero-order valence-electron chi connectivity index (χ0n) is 12.9. The third-order valence-corrected chi connectivity index (χ3v) is 4.29. The van der Waals surface area contributed by atoms with Crippen LogP contribution in [-0.2, 0) is 17.6 Å². The fourth-order valence-corrected chi connectivity index (χ4v) is 2.82. The van der Waals surface area contributed by atoms with Crippen molar-refractivity contribution in [2.75, 3.05) is 5.32 Å². The molecule has 0 aliphatic heterocycles. The lowest BCUT2D eigenvalue weighted by Gasteiger charge is -2.10. The number of rotatable bonds is 5. The summed E-state index contributed by atoms with van der Waals surface area (Å²) in [5.74, 6) is 1.36. The number of carbonyl (C=O) groups excluding carboxylic acids is 1. The van der Waals surface area contributed by atoms with E-state index in [1.807, 2.05) is 42.5 Å². The molecule has 4 nitrogen and oxygen atoms in total. The van der Waals surface area contributed by atoms with Crippen molar-refractivity contribution in [2.24, 2.45) is 5.92 Å². The number of carbonyl (C=O) groups is 1. The Hall–Kier alpha value is -2.62. The zero-order valence-corrected chi connectivity index (χ0v) is 12.9. The summed E-state index contributed by atoms with van der Waals surface area (Å²) >= 11 is 0. The summed E-state index contributed by atoms with van der Waals surface area (Å²) in [4.78, 5) is 20.0. The van der Waals surface area contributed by atoms with E-state index in [0.717, 1.165) is 53.8 Å². The first-order valence-corrected chi connectivity index (χ1v) is 8.12. The van der Waals surface area contributed by atoms with E-state index in [0.29, 0.717) is 0 Å². The molecule has 1 fully saturated rings. The Morgan fingerprint density at radius 2 is 1.87 bits per heavy atom. The van der Waals surface area contributed by atoms with Gasteiger partial charge in [-0.3, -0.25) is 4.79 Å². The number of fused-ring (bicyclic) bond motifs is 1. The molecule has 0 saturated heterocycles. The third-order valence-electron chi connectivity index (χ3n) is 4.29. The quantitative estimate of drug-likeness (QED) is 0.755. The number of aromatic amines is 1. The van der Waals surface area contributed by atoms with Gasteiger partial charge in [0.2, 0.25) is 5.91 Å². The Kier molecular flexibility index (Phi) is 3.58. The summed E-state index contributed by atoms with van der Waals surface area (Å²) in [6, 6.07) is 16.1. The number of H-pyrrole nitrogens is 1. The molecule has 1 aromatic heterocycles. The van der Waals surface area contributed by atoms with Crippen LogP contribution in [-0.4, -0.2) is 15.9 Å². The van der Waals surface area contributed by atoms with Gasteiger partial charge in [-0.1, -0.05) is 30.3 Å². The first kappa shape index (κ1) is 14.0. The number of nitrogens with one attached hydrogen (secondary N) is 2. The number of hydrogen-bond acceptors (Lipinski definition) is 2. The second-order valence-corrected chi connectivity index (χ2v) is 6.12. The second-order valence-electron chi connectivity index (χ2n) is 6.12. The number of benzene rings is 2. The van der Waals surface area contributed by atoms with Crippen molar-refractivity contribution in [1.29, 1.82) is 0 Å². The minimum Gasteiger partial charge on any atom is -0.342 e. The van der Waals surface area contributed by atoms with Gasteiger partial charge < -0.3 is 10.3 Å². The standard InChI is InChI=1S/C19H19N3O/c23-19(14-9-10-14)22-15-6-2-1-5-13(15)11-12-18-20-16-7-3-4-8-17(16)21-18/h1-8,14H,9-12H2,(H,20,21)(H,22,23). The maximum atomic E-state index is 12.0. The van der Waals surface area contributed by atoms with Crippen LogP contribution in [0.2, 0.25) is 0 Å². The van der Waals surface area contributed by atoms with Crippen LogP contribution in [0.3, 0.4) is 0 Å². The normalized spacial score (nSPS) is 14.1. The predicted octanol–water partition coefficient (Wildman–Crippen LogP) is 3.70. The van der Waals surface area contributed by atoms with Crippen LogP contribution in [0.15, 0.2) is 48.5 Å². The lowest BCUT2D eigenvalue weighted by molar-refractivity contribution is -0.117. The fourth-order valence-electron chi connectivity index (χ4n) is 2.82. The highest BCUT2D eigenvalue weighted by atomic mass is 16.2. The Bertz CT molecular complexity index is 815. The Balaban J connectivity index is 1.48. The third kappa shape index (κ3) is 3.11. The van der Waals surface area contributed by atoms with Crippen molar-refractivity contribution in [3.05, 3.63) is 59.9 Å². The lowest BCUT2D eigenvalue weighted by atomic mass is 10.1. The molecule has 1 amide bonds. The molecule has 0 spiro atoms. The van der Waals surface area contributed by atoms with Crippen molar-refractivity contribution in [2.45, 2.75) is 25.7 Å². The van der Waals surface area contributed by atoms with E-state index in [9.17, 15) is 4.79 Å². The van der Waals surface area contributed by atoms with E-state index in [-0.39, 0.29) is 11.8 Å². The minimum absolute atomic E-state index is 0.154. The minimum atomic E-state index is 0.154. The molecule has 116 valence electrons. The van der Waals surface area contributed by atoms with Gasteiger partial charge in [-0.15, -0.1) is 0 Å². The second kappa shape index (κ2) is 5.88. The van der Waals surface area contributed by atoms with Gasteiger partial charge in [0, 0.05) is 18.0 Å². The summed E-state index contributed by atoms with van der Waals surface area (Å²) in [5, 5.41) is 3.07. The van der Waals surface area contributed by atoms with Crippen LogP contribution in [0, 0.1) is 5.92 Å².